The van der Waals surface area contributed by atoms with Gasteiger partial charge in [-0.05, 0) is 42.0 Å². The molecular formula is C21H19N3O4. The highest BCUT2D eigenvalue weighted by atomic mass is 16.5. The second kappa shape index (κ2) is 9.18. The molecule has 0 saturated carbocycles. The van der Waals surface area contributed by atoms with E-state index in [2.05, 4.69) is 15.6 Å². The summed E-state index contributed by atoms with van der Waals surface area (Å²) in [6.45, 7) is 0.275. The quantitative estimate of drug-likeness (QED) is 0.618. The number of hydrogen-bond donors (Lipinski definition) is 2. The van der Waals surface area contributed by atoms with Crippen LogP contribution in [0.25, 0.3) is 6.08 Å². The van der Waals surface area contributed by atoms with Gasteiger partial charge in [0.2, 0.25) is 0 Å². The summed E-state index contributed by atoms with van der Waals surface area (Å²) in [6.07, 6.45) is 6.27. The number of carbonyl (C=O) groups is 2. The highest BCUT2D eigenvalue weighted by Crippen LogP contribution is 2.13. The molecule has 2 heterocycles. The lowest BCUT2D eigenvalue weighted by atomic mass is 10.2. The largest absolute Gasteiger partial charge is 0.497 e. The predicted molar refractivity (Wildman–Crippen MR) is 103 cm³/mol. The maximum absolute atomic E-state index is 12.7. The summed E-state index contributed by atoms with van der Waals surface area (Å²) in [4.78, 5) is 29.3. The first kappa shape index (κ1) is 18.9. The van der Waals surface area contributed by atoms with Crippen molar-refractivity contribution in [3.05, 3.63) is 89.8 Å². The van der Waals surface area contributed by atoms with Crippen molar-refractivity contribution in [1.29, 1.82) is 0 Å². The average molecular weight is 377 g/mol. The van der Waals surface area contributed by atoms with Crippen molar-refractivity contribution >= 4 is 17.9 Å². The van der Waals surface area contributed by atoms with Gasteiger partial charge in [0.15, 0.2) is 0 Å². The number of furan rings is 1. The van der Waals surface area contributed by atoms with Crippen molar-refractivity contribution in [2.75, 3.05) is 7.11 Å². The Labute approximate surface area is 162 Å². The molecule has 0 unspecified atom stereocenters. The number of carbonyl (C=O) groups excluding carboxylic acids is 2. The number of pyridine rings is 1. The van der Waals surface area contributed by atoms with Gasteiger partial charge < -0.3 is 19.8 Å². The monoisotopic (exact) mass is 377 g/mol. The van der Waals surface area contributed by atoms with Crippen LogP contribution in [0, 0.1) is 0 Å². The van der Waals surface area contributed by atoms with E-state index < -0.39 is 11.8 Å². The number of hydrogen-bond acceptors (Lipinski definition) is 5. The van der Waals surface area contributed by atoms with E-state index in [0.717, 1.165) is 5.56 Å². The minimum Gasteiger partial charge on any atom is -0.497 e. The van der Waals surface area contributed by atoms with Crippen LogP contribution in [0.4, 0.5) is 0 Å². The first-order chi connectivity index (χ1) is 13.7. The van der Waals surface area contributed by atoms with E-state index in [0.29, 0.717) is 17.1 Å². The van der Waals surface area contributed by atoms with Crippen LogP contribution >= 0.6 is 0 Å². The fourth-order valence-corrected chi connectivity index (χ4v) is 2.41. The Bertz CT molecular complexity index is 966. The number of rotatable bonds is 7. The molecule has 0 atom stereocenters. The Morgan fingerprint density at radius 2 is 2.07 bits per heavy atom. The minimum absolute atomic E-state index is 0.0617. The highest BCUT2D eigenvalue weighted by Gasteiger charge is 2.15. The van der Waals surface area contributed by atoms with Crippen LogP contribution in [0.1, 0.15) is 21.7 Å². The van der Waals surface area contributed by atoms with E-state index in [1.807, 2.05) is 6.07 Å². The molecule has 0 spiro atoms. The number of benzene rings is 1. The van der Waals surface area contributed by atoms with Crippen molar-refractivity contribution in [1.82, 2.24) is 15.6 Å². The van der Waals surface area contributed by atoms with E-state index in [9.17, 15) is 9.59 Å². The van der Waals surface area contributed by atoms with Gasteiger partial charge in [0.1, 0.15) is 17.2 Å². The highest BCUT2D eigenvalue weighted by molar-refractivity contribution is 6.05. The SMILES string of the molecule is COc1cccc(C(=O)N/C(=C\c2ccco2)C(=O)NCc2cccnc2)c1. The van der Waals surface area contributed by atoms with Crippen LogP contribution in [0.3, 0.4) is 0 Å². The molecule has 3 rings (SSSR count). The fourth-order valence-electron chi connectivity index (χ4n) is 2.41. The minimum atomic E-state index is -0.448. The third kappa shape index (κ3) is 5.07. The smallest absolute Gasteiger partial charge is 0.268 e. The average Bonchev–Trinajstić information content (AvgIpc) is 3.25. The molecule has 7 heteroatoms. The zero-order valence-electron chi connectivity index (χ0n) is 15.2. The van der Waals surface area contributed by atoms with Crippen LogP contribution < -0.4 is 15.4 Å². The van der Waals surface area contributed by atoms with Gasteiger partial charge in [-0.25, -0.2) is 0 Å². The van der Waals surface area contributed by atoms with E-state index >= 15 is 0 Å². The maximum Gasteiger partial charge on any atom is 0.268 e. The topological polar surface area (TPSA) is 93.5 Å². The molecule has 7 nitrogen and oxygen atoms in total. The van der Waals surface area contributed by atoms with Gasteiger partial charge in [0.25, 0.3) is 11.8 Å². The molecular weight excluding hydrogens is 358 g/mol. The lowest BCUT2D eigenvalue weighted by Crippen LogP contribution is -2.34. The number of amides is 2. The predicted octanol–water partition coefficient (Wildman–Crippen LogP) is 2.77. The van der Waals surface area contributed by atoms with Gasteiger partial charge >= 0.3 is 0 Å². The van der Waals surface area contributed by atoms with Crippen molar-refractivity contribution in [3.63, 3.8) is 0 Å². The molecule has 0 aliphatic heterocycles. The van der Waals surface area contributed by atoms with Crippen molar-refractivity contribution in [3.8, 4) is 5.75 Å². The zero-order chi connectivity index (χ0) is 19.8. The number of methoxy groups -OCH3 is 1. The maximum atomic E-state index is 12.7. The number of aromatic nitrogens is 1. The zero-order valence-corrected chi connectivity index (χ0v) is 15.2. The van der Waals surface area contributed by atoms with Gasteiger partial charge in [-0.2, -0.15) is 0 Å². The third-order valence-corrected chi connectivity index (χ3v) is 3.83. The molecule has 0 fully saturated rings. The van der Waals surface area contributed by atoms with Crippen LogP contribution in [-0.4, -0.2) is 23.9 Å². The molecule has 2 N–H and O–H groups in total. The Kier molecular flexibility index (Phi) is 6.20. The van der Waals surface area contributed by atoms with Crippen LogP contribution in [0.2, 0.25) is 0 Å². The molecule has 0 saturated heterocycles. The number of nitrogens with one attached hydrogen (secondary N) is 2. The van der Waals surface area contributed by atoms with Gasteiger partial charge in [-0.15, -0.1) is 0 Å². The van der Waals surface area contributed by atoms with Crippen LogP contribution in [0.5, 0.6) is 5.75 Å². The molecule has 0 aliphatic carbocycles. The second-order valence-electron chi connectivity index (χ2n) is 5.80. The Balaban J connectivity index is 1.76. The van der Waals surface area contributed by atoms with Crippen LogP contribution in [0.15, 0.2) is 77.3 Å². The fraction of sp³-hybridized carbons (Fsp3) is 0.0952. The second-order valence-corrected chi connectivity index (χ2v) is 5.80. The van der Waals surface area contributed by atoms with Crippen molar-refractivity contribution in [2.45, 2.75) is 6.54 Å². The summed E-state index contributed by atoms with van der Waals surface area (Å²) in [5, 5.41) is 5.40. The summed E-state index contributed by atoms with van der Waals surface area (Å²) >= 11 is 0. The summed E-state index contributed by atoms with van der Waals surface area (Å²) in [7, 11) is 1.52. The molecule has 2 amide bonds. The van der Waals surface area contributed by atoms with Gasteiger partial charge in [-0.1, -0.05) is 12.1 Å². The lowest BCUT2D eigenvalue weighted by molar-refractivity contribution is -0.117. The van der Waals surface area contributed by atoms with E-state index in [1.54, 1.807) is 54.9 Å². The van der Waals surface area contributed by atoms with Gasteiger partial charge in [0.05, 0.1) is 13.4 Å². The van der Waals surface area contributed by atoms with Crippen molar-refractivity contribution in [2.24, 2.45) is 0 Å². The lowest BCUT2D eigenvalue weighted by Gasteiger charge is -2.11. The van der Waals surface area contributed by atoms with E-state index in [1.165, 1.54) is 19.4 Å². The molecule has 0 aliphatic rings. The summed E-state index contributed by atoms with van der Waals surface area (Å²) < 4.78 is 10.4. The molecule has 1 aromatic carbocycles. The van der Waals surface area contributed by atoms with E-state index in [4.69, 9.17) is 9.15 Å². The molecule has 2 aromatic heterocycles. The Morgan fingerprint density at radius 3 is 2.79 bits per heavy atom. The first-order valence-corrected chi connectivity index (χ1v) is 8.53. The van der Waals surface area contributed by atoms with Gasteiger partial charge in [0, 0.05) is 30.6 Å². The molecule has 0 radical (unpaired) electrons. The molecule has 0 bridgehead atoms. The normalized spacial score (nSPS) is 11.0. The summed E-state index contributed by atoms with van der Waals surface area (Å²) in [5.74, 6) is 0.104. The number of ether oxygens (including phenoxy) is 1. The Morgan fingerprint density at radius 1 is 1.18 bits per heavy atom. The summed E-state index contributed by atoms with van der Waals surface area (Å²) in [6, 6.07) is 13.7. The standard InChI is InChI=1S/C21H19N3O4/c1-27-17-7-2-6-16(11-17)20(25)24-19(12-18-8-4-10-28-18)21(26)23-14-15-5-3-9-22-13-15/h2-13H,14H2,1H3,(H,23,26)(H,24,25)/b19-12-. The number of nitrogens with zero attached hydrogens (tertiary/aromatic N) is 1. The first-order valence-electron chi connectivity index (χ1n) is 8.53. The van der Waals surface area contributed by atoms with Crippen LogP contribution in [-0.2, 0) is 11.3 Å². The third-order valence-electron chi connectivity index (χ3n) is 3.83. The Hall–Kier alpha value is -3.87. The van der Waals surface area contributed by atoms with Gasteiger partial charge in [-0.3, -0.25) is 14.6 Å². The summed E-state index contributed by atoms with van der Waals surface area (Å²) in [5.41, 5.74) is 1.27. The molecule has 3 aromatic rings. The van der Waals surface area contributed by atoms with E-state index in [-0.39, 0.29) is 12.2 Å². The molecule has 142 valence electrons. The molecule has 28 heavy (non-hydrogen) atoms. The van der Waals surface area contributed by atoms with Crippen molar-refractivity contribution < 1.29 is 18.7 Å².